The van der Waals surface area contributed by atoms with E-state index in [2.05, 4.69) is 15.5 Å². The van der Waals surface area contributed by atoms with Crippen LogP contribution in [-0.2, 0) is 10.2 Å². The number of ether oxygens (including phenoxy) is 1. The smallest absolute Gasteiger partial charge is 0.314 e. The van der Waals surface area contributed by atoms with Crippen LogP contribution in [0, 0.1) is 6.92 Å². The van der Waals surface area contributed by atoms with Crippen LogP contribution in [0.2, 0.25) is 0 Å². The predicted molar refractivity (Wildman–Crippen MR) is 125 cm³/mol. The number of rotatable bonds is 7. The number of carboxylic acids is 1. The van der Waals surface area contributed by atoms with Crippen molar-refractivity contribution >= 4 is 17.3 Å². The molecule has 0 saturated heterocycles. The van der Waals surface area contributed by atoms with E-state index in [4.69, 9.17) is 9.26 Å². The number of aliphatic carboxylic acids is 1. The molecule has 33 heavy (non-hydrogen) atoms. The number of benzene rings is 2. The number of aromatic nitrogens is 2. The lowest BCUT2D eigenvalue weighted by Gasteiger charge is -2.11. The lowest BCUT2D eigenvalue weighted by molar-refractivity contribution is -0.140. The molecule has 2 N–H and O–H groups in total. The van der Waals surface area contributed by atoms with Gasteiger partial charge < -0.3 is 19.7 Å². The summed E-state index contributed by atoms with van der Waals surface area (Å²) in [7, 11) is 1.60. The van der Waals surface area contributed by atoms with Crippen LogP contribution in [0.25, 0.3) is 22.5 Å². The fourth-order valence-electron chi connectivity index (χ4n) is 4.00. The molecule has 0 amide bonds. The van der Waals surface area contributed by atoms with Crippen molar-refractivity contribution in [3.8, 4) is 28.2 Å². The molecule has 0 spiro atoms. The minimum Gasteiger partial charge on any atom is -0.495 e. The average molecular weight is 441 g/mol. The number of nitrogens with one attached hydrogen (secondary N) is 1. The third-order valence-electron chi connectivity index (χ3n) is 6.16. The lowest BCUT2D eigenvalue weighted by Crippen LogP contribution is -2.19. The molecule has 7 heteroatoms. The van der Waals surface area contributed by atoms with Crippen LogP contribution in [-0.4, -0.2) is 28.3 Å². The van der Waals surface area contributed by atoms with Crippen molar-refractivity contribution in [2.45, 2.75) is 25.2 Å². The molecule has 5 rings (SSSR count). The Hall–Kier alpha value is -4.13. The lowest BCUT2D eigenvalue weighted by atomic mass is 9.93. The molecule has 2 aromatic carbocycles. The summed E-state index contributed by atoms with van der Waals surface area (Å²) in [5.74, 6) is 0.549. The first-order valence-electron chi connectivity index (χ1n) is 10.7. The Kier molecular flexibility index (Phi) is 5.09. The van der Waals surface area contributed by atoms with E-state index in [0.29, 0.717) is 24.4 Å². The Labute approximate surface area is 191 Å². The minimum absolute atomic E-state index is 0.634. The number of aryl methyl sites for hydroxylation is 1. The molecule has 0 aliphatic heterocycles. The number of carbonyl (C=O) groups is 1. The van der Waals surface area contributed by atoms with Gasteiger partial charge in [-0.1, -0.05) is 53.7 Å². The van der Waals surface area contributed by atoms with E-state index in [0.717, 1.165) is 39.3 Å². The van der Waals surface area contributed by atoms with Crippen molar-refractivity contribution in [1.29, 1.82) is 0 Å². The van der Waals surface area contributed by atoms with E-state index in [-0.39, 0.29) is 0 Å². The average Bonchev–Trinajstić information content (AvgIpc) is 3.59. The molecule has 1 fully saturated rings. The molecule has 0 unspecified atom stereocenters. The third kappa shape index (κ3) is 3.82. The van der Waals surface area contributed by atoms with Crippen LogP contribution >= 0.6 is 0 Å². The first-order chi connectivity index (χ1) is 16.0. The van der Waals surface area contributed by atoms with E-state index in [1.807, 2.05) is 61.5 Å². The maximum atomic E-state index is 11.6. The van der Waals surface area contributed by atoms with Crippen molar-refractivity contribution in [1.82, 2.24) is 10.1 Å². The number of carboxylic acid groups (broad SMARTS) is 1. The van der Waals surface area contributed by atoms with Crippen molar-refractivity contribution in [2.75, 3.05) is 12.4 Å². The minimum atomic E-state index is -0.740. The Balaban J connectivity index is 1.39. The number of pyridine rings is 1. The summed E-state index contributed by atoms with van der Waals surface area (Å²) < 4.78 is 10.9. The van der Waals surface area contributed by atoms with Gasteiger partial charge in [-0.25, -0.2) is 0 Å². The summed E-state index contributed by atoms with van der Waals surface area (Å²) in [6, 6.07) is 17.7. The van der Waals surface area contributed by atoms with Gasteiger partial charge in [-0.05, 0) is 36.5 Å². The highest BCUT2D eigenvalue weighted by Crippen LogP contribution is 2.48. The first kappa shape index (κ1) is 20.8. The molecular weight excluding hydrogens is 418 g/mol. The Morgan fingerprint density at radius 3 is 2.27 bits per heavy atom. The molecule has 1 aliphatic rings. The van der Waals surface area contributed by atoms with Crippen LogP contribution in [0.1, 0.15) is 24.1 Å². The van der Waals surface area contributed by atoms with Crippen LogP contribution in [0.3, 0.4) is 0 Å². The SMILES string of the molecule is COc1cncc(Nc2c(C)noc2-c2ccc(-c3ccc(C4(C(=O)O)CC4)cc3)cc2)c1. The van der Waals surface area contributed by atoms with Crippen molar-refractivity contribution in [3.05, 3.63) is 78.2 Å². The fourth-order valence-corrected chi connectivity index (χ4v) is 4.00. The van der Waals surface area contributed by atoms with Crippen molar-refractivity contribution < 1.29 is 19.2 Å². The maximum Gasteiger partial charge on any atom is 0.314 e. The normalized spacial score (nSPS) is 14.0. The van der Waals surface area contributed by atoms with Crippen LogP contribution < -0.4 is 10.1 Å². The van der Waals surface area contributed by atoms with E-state index < -0.39 is 11.4 Å². The summed E-state index contributed by atoms with van der Waals surface area (Å²) in [6.45, 7) is 1.88. The predicted octanol–water partition coefficient (Wildman–Crippen LogP) is 5.58. The van der Waals surface area contributed by atoms with Crippen LogP contribution in [0.5, 0.6) is 5.75 Å². The van der Waals surface area contributed by atoms with Gasteiger partial charge >= 0.3 is 5.97 Å². The van der Waals surface area contributed by atoms with Gasteiger partial charge in [0.1, 0.15) is 17.1 Å². The van der Waals surface area contributed by atoms with Gasteiger partial charge in [0.05, 0.1) is 30.6 Å². The number of hydrogen-bond donors (Lipinski definition) is 2. The second kappa shape index (κ2) is 8.09. The monoisotopic (exact) mass is 441 g/mol. The number of hydrogen-bond acceptors (Lipinski definition) is 6. The van der Waals surface area contributed by atoms with Gasteiger partial charge in [0.15, 0.2) is 5.76 Å². The zero-order chi connectivity index (χ0) is 23.0. The van der Waals surface area contributed by atoms with Gasteiger partial charge in [-0.2, -0.15) is 0 Å². The highest BCUT2D eigenvalue weighted by Gasteiger charge is 2.51. The first-order valence-corrected chi connectivity index (χ1v) is 10.7. The van der Waals surface area contributed by atoms with Gasteiger partial charge in [0, 0.05) is 11.6 Å². The molecule has 2 heterocycles. The second-order valence-corrected chi connectivity index (χ2v) is 8.25. The molecule has 1 saturated carbocycles. The second-order valence-electron chi connectivity index (χ2n) is 8.25. The topological polar surface area (TPSA) is 97.5 Å². The molecule has 1 aliphatic carbocycles. The van der Waals surface area contributed by atoms with Gasteiger partial charge in [-0.3, -0.25) is 9.78 Å². The van der Waals surface area contributed by atoms with Crippen molar-refractivity contribution in [2.24, 2.45) is 0 Å². The molecule has 2 aromatic heterocycles. The Bertz CT molecular complexity index is 1310. The van der Waals surface area contributed by atoms with E-state index in [9.17, 15) is 9.90 Å². The summed E-state index contributed by atoms with van der Waals surface area (Å²) in [5.41, 5.74) is 5.41. The van der Waals surface area contributed by atoms with Gasteiger partial charge in [0.25, 0.3) is 0 Å². The molecule has 0 radical (unpaired) electrons. The van der Waals surface area contributed by atoms with Gasteiger partial charge in [-0.15, -0.1) is 0 Å². The molecule has 0 atom stereocenters. The quantitative estimate of drug-likeness (QED) is 0.386. The number of anilines is 2. The fraction of sp³-hybridized carbons (Fsp3) is 0.192. The largest absolute Gasteiger partial charge is 0.495 e. The summed E-state index contributed by atoms with van der Waals surface area (Å²) >= 11 is 0. The highest BCUT2D eigenvalue weighted by molar-refractivity contribution is 5.85. The summed E-state index contributed by atoms with van der Waals surface area (Å²) in [5, 5.41) is 17.0. The van der Waals surface area contributed by atoms with Crippen molar-refractivity contribution in [3.63, 3.8) is 0 Å². The highest BCUT2D eigenvalue weighted by atomic mass is 16.5. The molecule has 0 bridgehead atoms. The number of methoxy groups -OCH3 is 1. The van der Waals surface area contributed by atoms with E-state index >= 15 is 0 Å². The summed E-state index contributed by atoms with van der Waals surface area (Å²) in [6.07, 6.45) is 4.76. The summed E-state index contributed by atoms with van der Waals surface area (Å²) in [4.78, 5) is 15.7. The van der Waals surface area contributed by atoms with E-state index in [1.165, 1.54) is 0 Å². The molecule has 166 valence electrons. The van der Waals surface area contributed by atoms with Gasteiger partial charge in [0.2, 0.25) is 0 Å². The zero-order valence-corrected chi connectivity index (χ0v) is 18.3. The van der Waals surface area contributed by atoms with Crippen LogP contribution in [0.4, 0.5) is 11.4 Å². The molecule has 7 nitrogen and oxygen atoms in total. The zero-order valence-electron chi connectivity index (χ0n) is 18.3. The Morgan fingerprint density at radius 1 is 1.03 bits per heavy atom. The standard InChI is InChI=1S/C26H23N3O4/c1-16-23(28-21-13-22(32-2)15-27-14-21)24(33-29-16)19-5-3-17(4-6-19)18-7-9-20(10-8-18)26(11-12-26)25(30)31/h3-10,13-15,28H,11-12H2,1-2H3,(H,30,31). The van der Waals surface area contributed by atoms with E-state index in [1.54, 1.807) is 19.5 Å². The van der Waals surface area contributed by atoms with Crippen LogP contribution in [0.15, 0.2) is 71.5 Å². The number of nitrogens with zero attached hydrogens (tertiary/aromatic N) is 2. The molecule has 4 aromatic rings. The molecular formula is C26H23N3O4. The Morgan fingerprint density at radius 2 is 1.67 bits per heavy atom. The maximum absolute atomic E-state index is 11.6. The third-order valence-corrected chi connectivity index (χ3v) is 6.16.